The second-order valence-corrected chi connectivity index (χ2v) is 8.14. The standard InChI is InChI=1S/C23H33NO5.ClH/c1-5-6-7-8-9-17-15(4)16-10-11-20(25)18(21(16)29-23(17)28)13-24-19(22(26)27)12-14(2)3;/h10-11,14,19,24-25H,5-9,12-13H2,1-4H3,(H,26,27);1H/t19-;/m1./s1. The number of hydrogen-bond acceptors (Lipinski definition) is 5. The zero-order valence-corrected chi connectivity index (χ0v) is 19.1. The highest BCUT2D eigenvalue weighted by Crippen LogP contribution is 2.30. The second kappa shape index (κ2) is 12.0. The number of aromatic hydroxyl groups is 1. The fourth-order valence-corrected chi connectivity index (χ4v) is 3.66. The molecule has 168 valence electrons. The molecule has 0 aliphatic carbocycles. The van der Waals surface area contributed by atoms with Crippen LogP contribution >= 0.6 is 12.4 Å². The fraction of sp³-hybridized carbons (Fsp3) is 0.565. The molecule has 0 amide bonds. The maximum Gasteiger partial charge on any atom is 0.339 e. The van der Waals surface area contributed by atoms with E-state index < -0.39 is 12.0 Å². The van der Waals surface area contributed by atoms with Crippen molar-refractivity contribution in [3.05, 3.63) is 39.2 Å². The molecular formula is C23H34ClNO5. The lowest BCUT2D eigenvalue weighted by atomic mass is 9.98. The van der Waals surface area contributed by atoms with E-state index in [2.05, 4.69) is 12.2 Å². The molecule has 0 fully saturated rings. The second-order valence-electron chi connectivity index (χ2n) is 8.14. The number of unbranched alkanes of at least 4 members (excludes halogenated alkanes) is 3. The number of nitrogens with one attached hydrogen (secondary N) is 1. The monoisotopic (exact) mass is 439 g/mol. The minimum Gasteiger partial charge on any atom is -0.507 e. The van der Waals surface area contributed by atoms with Gasteiger partial charge in [0.25, 0.3) is 0 Å². The summed E-state index contributed by atoms with van der Waals surface area (Å²) in [5, 5.41) is 23.5. The average molecular weight is 440 g/mol. The molecule has 0 radical (unpaired) electrons. The highest BCUT2D eigenvalue weighted by molar-refractivity contribution is 5.86. The Morgan fingerprint density at radius 1 is 1.17 bits per heavy atom. The third-order valence-corrected chi connectivity index (χ3v) is 5.34. The van der Waals surface area contributed by atoms with Gasteiger partial charge in [0.15, 0.2) is 0 Å². The van der Waals surface area contributed by atoms with Crippen molar-refractivity contribution in [2.24, 2.45) is 5.92 Å². The number of phenols is 1. The molecule has 0 aliphatic rings. The third-order valence-electron chi connectivity index (χ3n) is 5.34. The Bertz CT molecular complexity index is 907. The van der Waals surface area contributed by atoms with Gasteiger partial charge in [0, 0.05) is 17.5 Å². The van der Waals surface area contributed by atoms with Crippen LogP contribution in [0, 0.1) is 12.8 Å². The summed E-state index contributed by atoms with van der Waals surface area (Å²) in [4.78, 5) is 24.1. The summed E-state index contributed by atoms with van der Waals surface area (Å²) in [5.74, 6) is -0.748. The predicted octanol–water partition coefficient (Wildman–Crippen LogP) is 4.94. The number of hydrogen-bond donors (Lipinski definition) is 3. The molecule has 2 aromatic rings. The van der Waals surface area contributed by atoms with Gasteiger partial charge in [-0.1, -0.05) is 40.0 Å². The normalized spacial score (nSPS) is 12.2. The first kappa shape index (κ1) is 26.0. The van der Waals surface area contributed by atoms with E-state index in [-0.39, 0.29) is 36.2 Å². The molecule has 6 nitrogen and oxygen atoms in total. The lowest BCUT2D eigenvalue weighted by molar-refractivity contribution is -0.140. The van der Waals surface area contributed by atoms with E-state index >= 15 is 0 Å². The number of aryl methyl sites for hydroxylation is 1. The van der Waals surface area contributed by atoms with Crippen LogP contribution in [0.25, 0.3) is 11.0 Å². The van der Waals surface area contributed by atoms with Gasteiger partial charge in [-0.3, -0.25) is 4.79 Å². The molecule has 0 saturated heterocycles. The van der Waals surface area contributed by atoms with Crippen LogP contribution in [0.2, 0.25) is 0 Å². The molecule has 30 heavy (non-hydrogen) atoms. The molecule has 1 aromatic heterocycles. The van der Waals surface area contributed by atoms with E-state index in [9.17, 15) is 19.8 Å². The summed E-state index contributed by atoms with van der Waals surface area (Å²) < 4.78 is 5.61. The molecule has 1 heterocycles. The Hall–Kier alpha value is -2.05. The van der Waals surface area contributed by atoms with Gasteiger partial charge in [0.05, 0.1) is 5.56 Å². The summed E-state index contributed by atoms with van der Waals surface area (Å²) >= 11 is 0. The molecule has 1 aromatic carbocycles. The van der Waals surface area contributed by atoms with Gasteiger partial charge in [-0.15, -0.1) is 12.4 Å². The molecule has 0 spiro atoms. The Labute approximate surface area is 184 Å². The van der Waals surface area contributed by atoms with Crippen LogP contribution in [-0.2, 0) is 17.8 Å². The lowest BCUT2D eigenvalue weighted by Crippen LogP contribution is -2.37. The SMILES string of the molecule is CCCCCCc1c(C)c2ccc(O)c(CN[C@H](CC(C)C)C(=O)O)c2oc1=O.Cl. The summed E-state index contributed by atoms with van der Waals surface area (Å²) in [6.45, 7) is 8.06. The van der Waals surface area contributed by atoms with Crippen LogP contribution in [0.4, 0.5) is 0 Å². The number of benzene rings is 1. The first-order valence-corrected chi connectivity index (χ1v) is 10.5. The van der Waals surface area contributed by atoms with Crippen molar-refractivity contribution in [3.8, 4) is 5.75 Å². The minimum absolute atomic E-state index is 0. The van der Waals surface area contributed by atoms with Crippen molar-refractivity contribution in [1.29, 1.82) is 0 Å². The molecule has 3 N–H and O–H groups in total. The van der Waals surface area contributed by atoms with Crippen molar-refractivity contribution in [2.75, 3.05) is 0 Å². The predicted molar refractivity (Wildman–Crippen MR) is 122 cm³/mol. The van der Waals surface area contributed by atoms with E-state index in [0.29, 0.717) is 29.6 Å². The van der Waals surface area contributed by atoms with Gasteiger partial charge in [-0.05, 0) is 49.8 Å². The Morgan fingerprint density at radius 2 is 1.87 bits per heavy atom. The van der Waals surface area contributed by atoms with E-state index in [1.54, 1.807) is 12.1 Å². The van der Waals surface area contributed by atoms with E-state index in [4.69, 9.17) is 4.42 Å². The van der Waals surface area contributed by atoms with E-state index in [0.717, 1.165) is 36.6 Å². The van der Waals surface area contributed by atoms with Crippen LogP contribution in [-0.4, -0.2) is 22.2 Å². The zero-order valence-electron chi connectivity index (χ0n) is 18.3. The number of rotatable bonds is 11. The van der Waals surface area contributed by atoms with Gasteiger partial charge in [-0.2, -0.15) is 0 Å². The van der Waals surface area contributed by atoms with E-state index in [1.165, 1.54) is 0 Å². The van der Waals surface area contributed by atoms with Gasteiger partial charge in [-0.25, -0.2) is 4.79 Å². The Balaban J connectivity index is 0.00000450. The number of phenolic OH excluding ortho intramolecular Hbond substituents is 1. The fourth-order valence-electron chi connectivity index (χ4n) is 3.66. The maximum absolute atomic E-state index is 12.6. The quantitative estimate of drug-likeness (QED) is 0.338. The molecule has 0 unspecified atom stereocenters. The molecule has 0 bridgehead atoms. The maximum atomic E-state index is 12.6. The first-order valence-electron chi connectivity index (χ1n) is 10.5. The van der Waals surface area contributed by atoms with Gasteiger partial charge >= 0.3 is 11.6 Å². The lowest BCUT2D eigenvalue weighted by Gasteiger charge is -2.18. The minimum atomic E-state index is -0.939. The van der Waals surface area contributed by atoms with Crippen molar-refractivity contribution >= 4 is 29.3 Å². The van der Waals surface area contributed by atoms with E-state index in [1.807, 2.05) is 20.8 Å². The summed E-state index contributed by atoms with van der Waals surface area (Å²) in [5.41, 5.74) is 1.91. The van der Waals surface area contributed by atoms with Crippen molar-refractivity contribution in [1.82, 2.24) is 5.32 Å². The van der Waals surface area contributed by atoms with Gasteiger partial charge in [0.2, 0.25) is 0 Å². The van der Waals surface area contributed by atoms with Crippen LogP contribution in [0.3, 0.4) is 0 Å². The highest BCUT2D eigenvalue weighted by atomic mass is 35.5. The number of carboxylic acids is 1. The number of halogens is 1. The number of carboxylic acid groups (broad SMARTS) is 1. The number of fused-ring (bicyclic) bond motifs is 1. The smallest absolute Gasteiger partial charge is 0.339 e. The highest BCUT2D eigenvalue weighted by Gasteiger charge is 2.21. The summed E-state index contributed by atoms with van der Waals surface area (Å²) in [6, 6.07) is 2.59. The zero-order chi connectivity index (χ0) is 21.6. The average Bonchev–Trinajstić information content (AvgIpc) is 2.65. The number of aliphatic carboxylic acids is 1. The molecular weight excluding hydrogens is 406 g/mol. The van der Waals surface area contributed by atoms with Gasteiger partial charge < -0.3 is 19.9 Å². The Kier molecular flexibility index (Phi) is 10.4. The topological polar surface area (TPSA) is 99.8 Å². The van der Waals surface area contributed by atoms with Crippen LogP contribution in [0.5, 0.6) is 5.75 Å². The van der Waals surface area contributed by atoms with Gasteiger partial charge in [0.1, 0.15) is 17.4 Å². The molecule has 0 saturated carbocycles. The first-order chi connectivity index (χ1) is 13.8. The van der Waals surface area contributed by atoms with Crippen LogP contribution in [0.15, 0.2) is 21.3 Å². The summed E-state index contributed by atoms with van der Waals surface area (Å²) in [6.07, 6.45) is 5.43. The summed E-state index contributed by atoms with van der Waals surface area (Å²) in [7, 11) is 0. The Morgan fingerprint density at radius 3 is 2.47 bits per heavy atom. The molecule has 1 atom stereocenters. The largest absolute Gasteiger partial charge is 0.507 e. The van der Waals surface area contributed by atoms with Crippen LogP contribution in [0.1, 0.15) is 69.6 Å². The van der Waals surface area contributed by atoms with Crippen LogP contribution < -0.4 is 10.9 Å². The third kappa shape index (κ3) is 6.47. The molecule has 7 heteroatoms. The number of carbonyl (C=O) groups is 1. The van der Waals surface area contributed by atoms with Crippen molar-refractivity contribution in [2.45, 2.75) is 78.8 Å². The molecule has 2 rings (SSSR count). The molecule has 0 aliphatic heterocycles. The van der Waals surface area contributed by atoms with Crippen molar-refractivity contribution < 1.29 is 19.4 Å². The van der Waals surface area contributed by atoms with Crippen molar-refractivity contribution in [3.63, 3.8) is 0 Å².